The summed E-state index contributed by atoms with van der Waals surface area (Å²) in [6, 6.07) is 14.1. The van der Waals surface area contributed by atoms with Gasteiger partial charge in [-0.05, 0) is 65.6 Å². The molecule has 39 heavy (non-hydrogen) atoms. The van der Waals surface area contributed by atoms with Crippen LogP contribution >= 0.6 is 11.6 Å². The van der Waals surface area contributed by atoms with E-state index in [1.165, 1.54) is 11.0 Å². The monoisotopic (exact) mass is 539 g/mol. The first kappa shape index (κ1) is 22.4. The molecule has 0 spiro atoms. The highest BCUT2D eigenvalue weighted by Gasteiger charge is 2.54. The summed E-state index contributed by atoms with van der Waals surface area (Å²) in [6.45, 7) is 1.95. The first-order valence-electron chi connectivity index (χ1n) is 12.5. The highest BCUT2D eigenvalue weighted by Crippen LogP contribution is 2.61. The number of benzene rings is 2. The molecule has 0 saturated heterocycles. The van der Waals surface area contributed by atoms with E-state index in [9.17, 15) is 4.79 Å². The van der Waals surface area contributed by atoms with Crippen molar-refractivity contribution in [2.24, 2.45) is 5.92 Å². The molecule has 4 aromatic heterocycles. The number of nitrogens with zero attached hydrogens (tertiary/aromatic N) is 7. The van der Waals surface area contributed by atoms with Gasteiger partial charge in [0, 0.05) is 44.9 Å². The molecule has 1 saturated carbocycles. The highest BCUT2D eigenvalue weighted by atomic mass is 35.5. The van der Waals surface area contributed by atoms with E-state index < -0.39 is 12.0 Å². The Morgan fingerprint density at radius 2 is 2.00 bits per heavy atom. The first-order valence-corrected chi connectivity index (χ1v) is 12.8. The number of aryl methyl sites for hydroxylation is 1. The maximum absolute atomic E-state index is 15.4. The summed E-state index contributed by atoms with van der Waals surface area (Å²) in [7, 11) is 0. The Hall–Kier alpha value is -4.64. The zero-order chi connectivity index (χ0) is 26.4. The quantitative estimate of drug-likeness (QED) is 0.338. The van der Waals surface area contributed by atoms with Crippen LogP contribution in [0.15, 0.2) is 59.7 Å². The predicted octanol–water partition coefficient (Wildman–Crippen LogP) is 4.56. The fourth-order valence-electron chi connectivity index (χ4n) is 5.98. The molecule has 3 atom stereocenters. The van der Waals surface area contributed by atoms with Gasteiger partial charge in [0.05, 0.1) is 22.9 Å². The number of fused-ring (bicyclic) bond motifs is 4. The number of nitrogens with one attached hydrogen (secondary N) is 2. The van der Waals surface area contributed by atoms with Crippen LogP contribution in [0.1, 0.15) is 35.5 Å². The van der Waals surface area contributed by atoms with Gasteiger partial charge < -0.3 is 9.55 Å². The van der Waals surface area contributed by atoms with Crippen LogP contribution in [0.4, 0.5) is 4.39 Å². The van der Waals surface area contributed by atoms with Crippen molar-refractivity contribution in [3.63, 3.8) is 0 Å². The maximum Gasteiger partial charge on any atom is 0.251 e. The van der Waals surface area contributed by atoms with Gasteiger partial charge in [0.2, 0.25) is 5.95 Å². The Bertz CT molecular complexity index is 1990. The van der Waals surface area contributed by atoms with Crippen LogP contribution < -0.4 is 5.56 Å². The van der Waals surface area contributed by atoms with E-state index in [1.54, 1.807) is 22.8 Å². The Labute approximate surface area is 224 Å². The molecule has 2 aromatic carbocycles. The van der Waals surface area contributed by atoms with E-state index in [4.69, 9.17) is 11.6 Å². The summed E-state index contributed by atoms with van der Waals surface area (Å²) >= 11 is 6.33. The number of H-pyrrole nitrogens is 2. The van der Waals surface area contributed by atoms with Gasteiger partial charge in [-0.3, -0.25) is 9.89 Å². The van der Waals surface area contributed by atoms with Crippen LogP contribution in [-0.2, 0) is 0 Å². The SMILES string of the molecule is Cc1[nH]nc2cc(-c3nc(F)c(C4C5CC5c5cc(-c6cc(Cl)ccc6-n6cnnn6)cc(=O)n54)[nH]3)ccc12. The normalized spacial score (nSPS) is 19.4. The molecule has 8 rings (SSSR count). The van der Waals surface area contributed by atoms with Crippen molar-refractivity contribution >= 4 is 22.5 Å². The second-order valence-electron chi connectivity index (χ2n) is 10.1. The van der Waals surface area contributed by atoms with Gasteiger partial charge in [-0.1, -0.05) is 23.7 Å². The molecule has 6 aromatic rings. The van der Waals surface area contributed by atoms with E-state index in [0.717, 1.165) is 39.8 Å². The van der Waals surface area contributed by atoms with Crippen LogP contribution in [0.3, 0.4) is 0 Å². The topological polar surface area (TPSA) is 123 Å². The maximum atomic E-state index is 15.4. The molecular weight excluding hydrogens is 521 g/mol. The molecule has 12 heteroatoms. The fraction of sp³-hybridized carbons (Fsp3) is 0.185. The molecule has 192 valence electrons. The van der Waals surface area contributed by atoms with E-state index in [0.29, 0.717) is 27.8 Å². The van der Waals surface area contributed by atoms with Gasteiger partial charge in [0.15, 0.2) is 0 Å². The van der Waals surface area contributed by atoms with Crippen molar-refractivity contribution in [2.75, 3.05) is 0 Å². The lowest BCUT2D eigenvalue weighted by Gasteiger charge is -2.18. The largest absolute Gasteiger partial charge is 0.338 e. The van der Waals surface area contributed by atoms with Crippen LogP contribution in [0.2, 0.25) is 5.02 Å². The number of hydrogen-bond acceptors (Lipinski definition) is 6. The zero-order valence-electron chi connectivity index (χ0n) is 20.4. The van der Waals surface area contributed by atoms with Crippen LogP contribution in [0.25, 0.3) is 39.1 Å². The molecule has 1 fully saturated rings. The van der Waals surface area contributed by atoms with Crippen molar-refractivity contribution < 1.29 is 4.39 Å². The molecule has 0 amide bonds. The van der Waals surface area contributed by atoms with Gasteiger partial charge in [-0.25, -0.2) is 4.98 Å². The van der Waals surface area contributed by atoms with E-state index in [2.05, 4.69) is 35.7 Å². The van der Waals surface area contributed by atoms with Crippen molar-refractivity contribution in [1.82, 2.24) is 44.9 Å². The van der Waals surface area contributed by atoms with Gasteiger partial charge >= 0.3 is 0 Å². The van der Waals surface area contributed by atoms with Gasteiger partial charge in [0.25, 0.3) is 5.56 Å². The number of aromatic amines is 2. The van der Waals surface area contributed by atoms with E-state index in [1.807, 2.05) is 37.3 Å². The van der Waals surface area contributed by atoms with Crippen LogP contribution in [0, 0.1) is 18.8 Å². The minimum atomic E-state index is -0.599. The standard InChI is InChI=1S/C27H19ClFN9O/c1-12-16-4-2-13(6-20(16)34-33-12)27-31-24(26(29)32-27)25-19-10-18(19)22-7-14(8-23(39)38(22)25)17-9-15(28)3-5-21(17)37-11-30-35-36-37/h2-9,11,18-19,25H,10H2,1H3,(H,31,32)(H,33,34). The Balaban J connectivity index is 1.22. The van der Waals surface area contributed by atoms with Crippen molar-refractivity contribution in [3.05, 3.63) is 93.3 Å². The van der Waals surface area contributed by atoms with Crippen molar-refractivity contribution in [3.8, 4) is 28.2 Å². The molecule has 0 radical (unpaired) electrons. The third-order valence-electron chi connectivity index (χ3n) is 7.87. The number of rotatable bonds is 4. The van der Waals surface area contributed by atoms with Crippen molar-refractivity contribution in [1.29, 1.82) is 0 Å². The second kappa shape index (κ2) is 7.93. The minimum Gasteiger partial charge on any atom is -0.338 e. The second-order valence-corrected chi connectivity index (χ2v) is 10.6. The average Bonchev–Trinajstić information content (AvgIpc) is 3.29. The van der Waals surface area contributed by atoms with Crippen LogP contribution in [-0.4, -0.2) is 44.9 Å². The number of tetrazole rings is 1. The molecule has 5 heterocycles. The van der Waals surface area contributed by atoms with Crippen molar-refractivity contribution in [2.45, 2.75) is 25.3 Å². The average molecular weight is 540 g/mol. The summed E-state index contributed by atoms with van der Waals surface area (Å²) in [6.07, 6.45) is 2.36. The molecule has 10 nitrogen and oxygen atoms in total. The highest BCUT2D eigenvalue weighted by molar-refractivity contribution is 6.31. The van der Waals surface area contributed by atoms with E-state index >= 15 is 4.39 Å². The van der Waals surface area contributed by atoms with Gasteiger partial charge in [-0.15, -0.1) is 5.10 Å². The number of halogens is 2. The fourth-order valence-corrected chi connectivity index (χ4v) is 6.15. The first-order chi connectivity index (χ1) is 19.0. The molecule has 3 unspecified atom stereocenters. The third kappa shape index (κ3) is 3.32. The van der Waals surface area contributed by atoms with Crippen LogP contribution in [0.5, 0.6) is 0 Å². The number of imidazole rings is 1. The third-order valence-corrected chi connectivity index (χ3v) is 8.10. The Morgan fingerprint density at radius 1 is 1.10 bits per heavy atom. The lowest BCUT2D eigenvalue weighted by molar-refractivity contribution is 0.482. The van der Waals surface area contributed by atoms with Gasteiger partial charge in [0.1, 0.15) is 12.2 Å². The number of pyridine rings is 1. The Morgan fingerprint density at radius 3 is 2.85 bits per heavy atom. The molecular formula is C27H19ClFN9O. The lowest BCUT2D eigenvalue weighted by atomic mass is 10.0. The van der Waals surface area contributed by atoms with Gasteiger partial charge in [-0.2, -0.15) is 14.2 Å². The molecule has 1 aliphatic carbocycles. The zero-order valence-corrected chi connectivity index (χ0v) is 21.2. The predicted molar refractivity (Wildman–Crippen MR) is 141 cm³/mol. The molecule has 2 aliphatic rings. The summed E-state index contributed by atoms with van der Waals surface area (Å²) < 4.78 is 18.6. The molecule has 1 aliphatic heterocycles. The summed E-state index contributed by atoms with van der Waals surface area (Å²) in [4.78, 5) is 21.0. The smallest absolute Gasteiger partial charge is 0.251 e. The number of aromatic nitrogens is 9. The lowest BCUT2D eigenvalue weighted by Crippen LogP contribution is -2.26. The molecule has 2 N–H and O–H groups in total. The summed E-state index contributed by atoms with van der Waals surface area (Å²) in [5, 5.41) is 20.2. The molecule has 0 bridgehead atoms. The summed E-state index contributed by atoms with van der Waals surface area (Å²) in [5.41, 5.74) is 5.59. The van der Waals surface area contributed by atoms with E-state index in [-0.39, 0.29) is 17.4 Å². The number of hydrogen-bond donors (Lipinski definition) is 2. The Kier molecular flexibility index (Phi) is 4.55. The summed E-state index contributed by atoms with van der Waals surface area (Å²) in [5.74, 6) is 0.0855. The minimum absolute atomic E-state index is 0.116.